The molecule has 0 amide bonds. The summed E-state index contributed by atoms with van der Waals surface area (Å²) < 4.78 is 38.3. The van der Waals surface area contributed by atoms with Crippen LogP contribution in [0.2, 0.25) is 0 Å². The van der Waals surface area contributed by atoms with Gasteiger partial charge < -0.3 is 27.0 Å². The summed E-state index contributed by atoms with van der Waals surface area (Å²) in [5, 5.41) is 51.3. The molecule has 27 rings (SSSR count). The molecule has 650 valence electrons. The van der Waals surface area contributed by atoms with Gasteiger partial charge >= 0.3 is 7.12 Å². The number of nitrogens with zero attached hydrogens (tertiary/aromatic N) is 2. The lowest BCUT2D eigenvalue weighted by Gasteiger charge is -2.32. The first-order chi connectivity index (χ1) is 65.8. The van der Waals surface area contributed by atoms with Gasteiger partial charge in [-0.05, 0) is 281 Å². The minimum Gasteiger partial charge on any atom is -0.456 e. The normalized spacial score (nSPS) is 13.0. The van der Waals surface area contributed by atoms with E-state index >= 15 is 0 Å². The summed E-state index contributed by atoms with van der Waals surface area (Å²) in [4.78, 5) is 22.1. The highest BCUT2D eigenvalue weighted by molar-refractivity contribution is 9.10. The number of fused-ring (bicyclic) bond motifs is 24. The lowest BCUT2D eigenvalue weighted by atomic mass is 9.78. The van der Waals surface area contributed by atoms with Gasteiger partial charge in [-0.2, -0.15) is 0 Å². The summed E-state index contributed by atoms with van der Waals surface area (Å²) in [6.45, 7) is 8.30. The highest BCUT2D eigenvalue weighted by atomic mass is 79.9. The maximum Gasteiger partial charge on any atom is 0.494 e. The molecular formula is C119H82BBr2N2O10P. The molecule has 1 aliphatic carbocycles. The van der Waals surface area contributed by atoms with E-state index in [9.17, 15) is 20.2 Å². The number of furan rings is 4. The van der Waals surface area contributed by atoms with Gasteiger partial charge in [0.15, 0.2) is 0 Å². The number of hydrogen-bond donors (Lipinski definition) is 0. The van der Waals surface area contributed by atoms with Gasteiger partial charge in [0.25, 0.3) is 11.4 Å². The van der Waals surface area contributed by atoms with Crippen molar-refractivity contribution >= 4 is 243 Å². The SMILES string of the molecule is Brc1ccc2oc3cc4ccccc4cc3c2c1.CC1(C)OB(c2ccc3oc4cc5ccccc5cc4c3c2)OC1(C)C.O=[N+]([O-])c1c(-c2ccc3oc4cc5ccccc5cc4c3c2)ccc2ccccc12.O=[N+]([O-])c1c(Br)ccc2ccccc12.c1ccc(P(c2ccccc2)c2ccccc2)cc1.c1ccc2cc3c(cc2c1)oc1ccc2c(c13)Cc1c-2ccc2ccccc12. The van der Waals surface area contributed by atoms with Crippen molar-refractivity contribution in [3.8, 4) is 22.3 Å². The molecule has 0 atom stereocenters. The molecule has 2 aliphatic rings. The smallest absolute Gasteiger partial charge is 0.456 e. The maximum absolute atomic E-state index is 12.0. The first-order valence-electron chi connectivity index (χ1n) is 44.7. The van der Waals surface area contributed by atoms with Crippen LogP contribution in [-0.2, 0) is 15.7 Å². The zero-order valence-corrected chi connectivity index (χ0v) is 77.8. The van der Waals surface area contributed by atoms with Crippen LogP contribution in [0, 0.1) is 20.2 Å². The molecular weight excluding hydrogens is 1820 g/mol. The van der Waals surface area contributed by atoms with Gasteiger partial charge in [0.05, 0.1) is 41.9 Å². The van der Waals surface area contributed by atoms with Crippen molar-refractivity contribution in [2.45, 2.75) is 45.3 Å². The van der Waals surface area contributed by atoms with Crippen LogP contribution in [0.25, 0.3) is 185 Å². The molecule has 0 saturated carbocycles. The molecule has 0 bridgehead atoms. The minimum atomic E-state index is -0.446. The number of nitro groups is 2. The summed E-state index contributed by atoms with van der Waals surface area (Å²) in [5.74, 6) is 0. The average Bonchev–Trinajstić information content (AvgIpc) is 1.56. The highest BCUT2D eigenvalue weighted by Crippen LogP contribution is 2.49. The lowest BCUT2D eigenvalue weighted by molar-refractivity contribution is -0.383. The van der Waals surface area contributed by atoms with Crippen LogP contribution in [0.1, 0.15) is 38.8 Å². The number of rotatable bonds is 7. The van der Waals surface area contributed by atoms with Crippen LogP contribution in [0.3, 0.4) is 0 Å². The Balaban J connectivity index is 0.0000000957. The zero-order valence-electron chi connectivity index (χ0n) is 73.7. The van der Waals surface area contributed by atoms with E-state index in [4.69, 9.17) is 27.0 Å². The third-order valence-corrected chi connectivity index (χ3v) is 29.9. The van der Waals surface area contributed by atoms with Crippen LogP contribution in [0.5, 0.6) is 0 Å². The number of benzene rings is 21. The van der Waals surface area contributed by atoms with Crippen molar-refractivity contribution in [2.24, 2.45) is 0 Å². The maximum atomic E-state index is 12.0. The molecule has 0 unspecified atom stereocenters. The molecule has 25 aromatic rings. The van der Waals surface area contributed by atoms with Gasteiger partial charge in [-0.25, -0.2) is 0 Å². The molecule has 0 N–H and O–H groups in total. The molecule has 12 nitrogen and oxygen atoms in total. The largest absolute Gasteiger partial charge is 0.494 e. The van der Waals surface area contributed by atoms with Crippen molar-refractivity contribution < 1.29 is 36.8 Å². The first kappa shape index (κ1) is 85.3. The summed E-state index contributed by atoms with van der Waals surface area (Å²) in [5.41, 5.74) is 14.8. The number of halogens is 2. The molecule has 5 heterocycles. The van der Waals surface area contributed by atoms with Crippen molar-refractivity contribution in [2.75, 3.05) is 0 Å². The fraction of sp³-hybridized carbons (Fsp3) is 0.0588. The predicted octanol–water partition coefficient (Wildman–Crippen LogP) is 32.4. The van der Waals surface area contributed by atoms with Crippen molar-refractivity contribution in [1.82, 2.24) is 0 Å². The van der Waals surface area contributed by atoms with E-state index in [1.165, 1.54) is 97.4 Å². The minimum absolute atomic E-state index is 0.128. The van der Waals surface area contributed by atoms with Crippen LogP contribution in [-0.4, -0.2) is 28.2 Å². The Hall–Kier alpha value is -15.2. The van der Waals surface area contributed by atoms with Crippen LogP contribution < -0.4 is 21.4 Å². The molecule has 135 heavy (non-hydrogen) atoms. The monoisotopic (exact) mass is 1900 g/mol. The average molecular weight is 1900 g/mol. The van der Waals surface area contributed by atoms with Gasteiger partial charge in [-0.3, -0.25) is 20.2 Å². The van der Waals surface area contributed by atoms with Gasteiger partial charge in [0.1, 0.15) is 44.7 Å². The standard InChI is InChI=1S/C27H16O.C26H15NO3.C22H21BO3.C18H15P.C16H9BrO.C10H6BrNO2/c1-2-7-18-14-26-24(13-17(18)6-1)27-23-15-22-19-8-4-3-5-16(19)9-10-20(22)21(23)11-12-25(27)28-26;28-27(29)26-20-8-4-3-5-16(20)9-11-21(26)19-10-12-24-22(14-19)23-13-17-6-1-2-7-18(17)15-25(23)30-24;1-21(2)22(3,4)26-23(25-21)16-9-10-19-18(13-16)17-11-14-7-5-6-8-15(14)12-20(17)24-19;1-4-10-16(11-5-1)19(17-12-6-2-7-13-17)18-14-8-3-9-15-18;17-12-5-6-15-14(9-12)13-7-10-3-1-2-4-11(10)8-16(13)18-15;11-9-6-5-7-3-1-2-4-8(7)10(9)12(13)14/h1-14H,15H2;1-15H;5-13H,1-4H3;1-15H;1-9H;1-6H. The van der Waals surface area contributed by atoms with E-state index < -0.39 is 7.92 Å². The van der Waals surface area contributed by atoms with E-state index in [1.807, 2.05) is 121 Å². The number of hydrogen-bond acceptors (Lipinski definition) is 10. The fourth-order valence-electron chi connectivity index (χ4n) is 19.0. The summed E-state index contributed by atoms with van der Waals surface area (Å²) >= 11 is 6.69. The Morgan fingerprint density at radius 1 is 0.281 bits per heavy atom. The van der Waals surface area contributed by atoms with Gasteiger partial charge in [0, 0.05) is 54.0 Å². The molecule has 0 radical (unpaired) electrons. The zero-order chi connectivity index (χ0) is 91.7. The fourth-order valence-corrected chi connectivity index (χ4v) is 22.1. The van der Waals surface area contributed by atoms with Crippen molar-refractivity contribution in [3.63, 3.8) is 0 Å². The molecule has 1 saturated heterocycles. The molecule has 16 heteroatoms. The Labute approximate surface area is 794 Å². The van der Waals surface area contributed by atoms with E-state index in [0.29, 0.717) is 20.8 Å². The summed E-state index contributed by atoms with van der Waals surface area (Å²) in [7, 11) is -0.812. The second-order valence-corrected chi connectivity index (χ2v) is 39.0. The Morgan fingerprint density at radius 3 is 1.09 bits per heavy atom. The van der Waals surface area contributed by atoms with Crippen molar-refractivity contribution in [3.05, 3.63) is 453 Å². The Kier molecular flexibility index (Phi) is 22.4. The second kappa shape index (κ2) is 35.4. The highest BCUT2D eigenvalue weighted by Gasteiger charge is 2.52. The van der Waals surface area contributed by atoms with E-state index in [0.717, 1.165) is 115 Å². The van der Waals surface area contributed by atoms with Crippen LogP contribution in [0.4, 0.5) is 11.4 Å². The lowest BCUT2D eigenvalue weighted by Crippen LogP contribution is -2.41. The third-order valence-electron chi connectivity index (χ3n) is 26.3. The quantitative estimate of drug-likeness (QED) is 0.0651. The topological polar surface area (TPSA) is 157 Å². The van der Waals surface area contributed by atoms with Gasteiger partial charge in [0.2, 0.25) is 0 Å². The Morgan fingerprint density at radius 2 is 0.615 bits per heavy atom. The van der Waals surface area contributed by atoms with Gasteiger partial charge in [-0.15, -0.1) is 0 Å². The number of nitro benzene ring substituents is 2. The Bertz CT molecular complexity index is 8900. The van der Waals surface area contributed by atoms with E-state index in [-0.39, 0.29) is 39.5 Å². The van der Waals surface area contributed by atoms with E-state index in [2.05, 4.69) is 326 Å². The first-order valence-corrected chi connectivity index (χ1v) is 47.7. The molecule has 0 spiro atoms. The second-order valence-electron chi connectivity index (χ2n) is 35.0. The molecule has 4 aromatic heterocycles. The molecule has 21 aromatic carbocycles. The summed E-state index contributed by atoms with van der Waals surface area (Å²) in [6, 6.07) is 141. The molecule has 1 fully saturated rings. The van der Waals surface area contributed by atoms with Gasteiger partial charge in [-0.1, -0.05) is 313 Å². The van der Waals surface area contributed by atoms with Crippen LogP contribution in [0.15, 0.2) is 439 Å². The van der Waals surface area contributed by atoms with Crippen molar-refractivity contribution in [1.29, 1.82) is 0 Å². The predicted molar refractivity (Wildman–Crippen MR) is 567 cm³/mol. The summed E-state index contributed by atoms with van der Waals surface area (Å²) in [6.07, 6.45) is 0.963. The third kappa shape index (κ3) is 16.3. The van der Waals surface area contributed by atoms with E-state index in [1.54, 1.807) is 24.3 Å². The van der Waals surface area contributed by atoms with Crippen LogP contribution >= 0.6 is 39.8 Å². The molecule has 1 aliphatic heterocycles.